The summed E-state index contributed by atoms with van der Waals surface area (Å²) in [5.74, 6) is 2.27. The molecule has 0 saturated carbocycles. The van der Waals surface area contributed by atoms with Gasteiger partial charge in [-0.3, -0.25) is 0 Å². The number of thioether (sulfide) groups is 1. The van der Waals surface area contributed by atoms with Gasteiger partial charge in [-0.25, -0.2) is 4.98 Å². The van der Waals surface area contributed by atoms with Crippen LogP contribution in [-0.4, -0.2) is 36.6 Å². The Morgan fingerprint density at radius 2 is 2.28 bits per heavy atom. The molecule has 1 rings (SSSR count). The maximum absolute atomic E-state index is 4.47. The van der Waals surface area contributed by atoms with E-state index in [9.17, 15) is 0 Å². The van der Waals surface area contributed by atoms with Crippen LogP contribution in [0.1, 0.15) is 25.8 Å². The van der Waals surface area contributed by atoms with E-state index < -0.39 is 0 Å². The van der Waals surface area contributed by atoms with Gasteiger partial charge in [0.1, 0.15) is 5.82 Å². The number of nitrogens with one attached hydrogen (secondary N) is 1. The molecule has 0 amide bonds. The van der Waals surface area contributed by atoms with Crippen LogP contribution in [0, 0.1) is 0 Å². The minimum atomic E-state index is 0.527. The Balaban J connectivity index is 2.63. The number of aromatic nitrogens is 1. The molecule has 0 aliphatic rings. The molecule has 0 aliphatic heterocycles. The standard InChI is InChI=1S/C14H25N3S/c1-5-15-11-13-6-8-16-14(10-13)17(3)12(2)7-9-18-4/h6,8,10,12,15H,5,7,9,11H2,1-4H3. The van der Waals surface area contributed by atoms with Crippen molar-refractivity contribution in [3.63, 3.8) is 0 Å². The van der Waals surface area contributed by atoms with Crippen molar-refractivity contribution in [2.45, 2.75) is 32.9 Å². The van der Waals surface area contributed by atoms with Crippen molar-refractivity contribution >= 4 is 17.6 Å². The summed E-state index contributed by atoms with van der Waals surface area (Å²) in [5.41, 5.74) is 1.30. The van der Waals surface area contributed by atoms with Crippen LogP contribution in [0.3, 0.4) is 0 Å². The van der Waals surface area contributed by atoms with E-state index in [0.717, 1.165) is 18.9 Å². The second kappa shape index (κ2) is 8.38. The minimum absolute atomic E-state index is 0.527. The zero-order valence-corrected chi connectivity index (χ0v) is 12.8. The van der Waals surface area contributed by atoms with Gasteiger partial charge < -0.3 is 10.2 Å². The Kier molecular flexibility index (Phi) is 7.13. The smallest absolute Gasteiger partial charge is 0.128 e. The maximum atomic E-state index is 4.47. The molecule has 4 heteroatoms. The summed E-state index contributed by atoms with van der Waals surface area (Å²) in [5, 5.41) is 3.34. The molecule has 102 valence electrons. The molecule has 0 fully saturated rings. The fraction of sp³-hybridized carbons (Fsp3) is 0.643. The predicted octanol–water partition coefficient (Wildman–Crippen LogP) is 2.77. The van der Waals surface area contributed by atoms with Gasteiger partial charge in [0.15, 0.2) is 0 Å². The van der Waals surface area contributed by atoms with Crippen LogP contribution in [0.2, 0.25) is 0 Å². The summed E-state index contributed by atoms with van der Waals surface area (Å²) in [6, 6.07) is 4.78. The molecular formula is C14H25N3S. The van der Waals surface area contributed by atoms with Crippen LogP contribution >= 0.6 is 11.8 Å². The number of nitrogens with zero attached hydrogens (tertiary/aromatic N) is 2. The lowest BCUT2D eigenvalue weighted by Crippen LogP contribution is -2.30. The monoisotopic (exact) mass is 267 g/mol. The first-order valence-electron chi connectivity index (χ1n) is 6.56. The van der Waals surface area contributed by atoms with Gasteiger partial charge in [-0.2, -0.15) is 11.8 Å². The molecular weight excluding hydrogens is 242 g/mol. The fourth-order valence-electron chi connectivity index (χ4n) is 1.74. The zero-order valence-electron chi connectivity index (χ0n) is 11.9. The van der Waals surface area contributed by atoms with Gasteiger partial charge >= 0.3 is 0 Å². The van der Waals surface area contributed by atoms with Crippen molar-refractivity contribution in [2.75, 3.05) is 30.5 Å². The molecule has 1 unspecified atom stereocenters. The van der Waals surface area contributed by atoms with Crippen LogP contribution in [0.15, 0.2) is 18.3 Å². The Bertz CT molecular complexity index is 344. The summed E-state index contributed by atoms with van der Waals surface area (Å²) >= 11 is 1.90. The number of anilines is 1. The molecule has 1 heterocycles. The van der Waals surface area contributed by atoms with Crippen LogP contribution in [0.5, 0.6) is 0 Å². The van der Waals surface area contributed by atoms with Gasteiger partial charge in [-0.05, 0) is 49.6 Å². The Morgan fingerprint density at radius 1 is 1.50 bits per heavy atom. The topological polar surface area (TPSA) is 28.2 Å². The van der Waals surface area contributed by atoms with Crippen molar-refractivity contribution in [1.29, 1.82) is 0 Å². The summed E-state index contributed by atoms with van der Waals surface area (Å²) < 4.78 is 0. The molecule has 1 aromatic rings. The lowest BCUT2D eigenvalue weighted by atomic mass is 10.2. The Hall–Kier alpha value is -0.740. The fourth-order valence-corrected chi connectivity index (χ4v) is 2.32. The van der Waals surface area contributed by atoms with Crippen molar-refractivity contribution in [3.8, 4) is 0 Å². The van der Waals surface area contributed by atoms with Crippen LogP contribution < -0.4 is 10.2 Å². The maximum Gasteiger partial charge on any atom is 0.128 e. The normalized spacial score (nSPS) is 12.4. The summed E-state index contributed by atoms with van der Waals surface area (Å²) in [6.45, 7) is 6.30. The lowest BCUT2D eigenvalue weighted by Gasteiger charge is -2.26. The van der Waals surface area contributed by atoms with E-state index in [1.807, 2.05) is 18.0 Å². The number of rotatable bonds is 8. The first-order valence-corrected chi connectivity index (χ1v) is 7.95. The molecule has 0 bridgehead atoms. The van der Waals surface area contributed by atoms with Crippen molar-refractivity contribution in [3.05, 3.63) is 23.9 Å². The predicted molar refractivity (Wildman–Crippen MR) is 82.5 cm³/mol. The van der Waals surface area contributed by atoms with Gasteiger partial charge in [0, 0.05) is 25.8 Å². The summed E-state index contributed by atoms with van der Waals surface area (Å²) in [4.78, 5) is 6.74. The molecule has 1 atom stereocenters. The summed E-state index contributed by atoms with van der Waals surface area (Å²) in [7, 11) is 2.13. The van der Waals surface area contributed by atoms with Crippen molar-refractivity contribution in [1.82, 2.24) is 10.3 Å². The zero-order chi connectivity index (χ0) is 13.4. The highest BCUT2D eigenvalue weighted by Gasteiger charge is 2.11. The van der Waals surface area contributed by atoms with E-state index in [2.05, 4.69) is 54.5 Å². The third-order valence-electron chi connectivity index (χ3n) is 3.15. The third kappa shape index (κ3) is 4.86. The second-order valence-corrected chi connectivity index (χ2v) is 5.53. The molecule has 1 aromatic heterocycles. The van der Waals surface area contributed by atoms with E-state index in [-0.39, 0.29) is 0 Å². The molecule has 0 aliphatic carbocycles. The van der Waals surface area contributed by atoms with Crippen LogP contribution in [0.4, 0.5) is 5.82 Å². The number of hydrogen-bond acceptors (Lipinski definition) is 4. The second-order valence-electron chi connectivity index (χ2n) is 4.54. The third-order valence-corrected chi connectivity index (χ3v) is 3.80. The molecule has 1 N–H and O–H groups in total. The summed E-state index contributed by atoms with van der Waals surface area (Å²) in [6.07, 6.45) is 5.25. The number of hydrogen-bond donors (Lipinski definition) is 1. The quantitative estimate of drug-likeness (QED) is 0.784. The van der Waals surface area contributed by atoms with Crippen LogP contribution in [0.25, 0.3) is 0 Å². The highest BCUT2D eigenvalue weighted by atomic mass is 32.2. The SMILES string of the molecule is CCNCc1ccnc(N(C)C(C)CCSC)c1. The Morgan fingerprint density at radius 3 is 2.94 bits per heavy atom. The van der Waals surface area contributed by atoms with E-state index >= 15 is 0 Å². The first kappa shape index (κ1) is 15.3. The minimum Gasteiger partial charge on any atom is -0.357 e. The Labute approximate surface area is 115 Å². The van der Waals surface area contributed by atoms with E-state index in [1.54, 1.807) is 0 Å². The average molecular weight is 267 g/mol. The number of pyridine rings is 1. The molecule has 0 aromatic carbocycles. The van der Waals surface area contributed by atoms with Crippen molar-refractivity contribution in [2.24, 2.45) is 0 Å². The molecule has 3 nitrogen and oxygen atoms in total. The van der Waals surface area contributed by atoms with Gasteiger partial charge in [0.05, 0.1) is 0 Å². The largest absolute Gasteiger partial charge is 0.357 e. The van der Waals surface area contributed by atoms with E-state index in [4.69, 9.17) is 0 Å². The highest BCUT2D eigenvalue weighted by molar-refractivity contribution is 7.98. The molecule has 0 radical (unpaired) electrons. The van der Waals surface area contributed by atoms with Gasteiger partial charge in [-0.1, -0.05) is 6.92 Å². The molecule has 0 spiro atoms. The lowest BCUT2D eigenvalue weighted by molar-refractivity contribution is 0.660. The van der Waals surface area contributed by atoms with E-state index in [0.29, 0.717) is 6.04 Å². The van der Waals surface area contributed by atoms with Crippen LogP contribution in [-0.2, 0) is 6.54 Å². The van der Waals surface area contributed by atoms with Gasteiger partial charge in [0.25, 0.3) is 0 Å². The van der Waals surface area contributed by atoms with Crippen molar-refractivity contribution < 1.29 is 0 Å². The first-order chi connectivity index (χ1) is 8.69. The highest BCUT2D eigenvalue weighted by Crippen LogP contribution is 2.16. The molecule has 0 saturated heterocycles. The van der Waals surface area contributed by atoms with Gasteiger partial charge in [-0.15, -0.1) is 0 Å². The average Bonchev–Trinajstić information content (AvgIpc) is 2.42. The molecule has 18 heavy (non-hydrogen) atoms. The van der Waals surface area contributed by atoms with Gasteiger partial charge in [0.2, 0.25) is 0 Å². The van der Waals surface area contributed by atoms with E-state index in [1.165, 1.54) is 17.7 Å².